The summed E-state index contributed by atoms with van der Waals surface area (Å²) in [6, 6.07) is 6.88. The first-order chi connectivity index (χ1) is 12.7. The maximum Gasteiger partial charge on any atom is 0.303 e. The number of nitriles is 1. The molecule has 1 saturated heterocycles. The molecule has 1 atom stereocenters. The molecule has 10 heteroatoms. The highest BCUT2D eigenvalue weighted by molar-refractivity contribution is 7.92. The lowest BCUT2D eigenvalue weighted by atomic mass is 10.2. The van der Waals surface area contributed by atoms with Crippen molar-refractivity contribution in [2.75, 3.05) is 18.1 Å². The molecule has 1 fully saturated rings. The first kappa shape index (κ1) is 21.3. The fourth-order valence-electron chi connectivity index (χ4n) is 3.08. The van der Waals surface area contributed by atoms with Crippen LogP contribution in [-0.2, 0) is 24.7 Å². The third kappa shape index (κ3) is 5.76. The molecule has 0 amide bonds. The van der Waals surface area contributed by atoms with Crippen molar-refractivity contribution >= 4 is 25.8 Å². The number of benzene rings is 1. The first-order valence-corrected chi connectivity index (χ1v) is 11.9. The molecule has 0 unspecified atom stereocenters. The minimum Gasteiger partial charge on any atom is -0.481 e. The Bertz CT molecular complexity index is 934. The number of rotatable bonds is 9. The Morgan fingerprint density at radius 1 is 1.30 bits per heavy atom. The molecule has 8 nitrogen and oxygen atoms in total. The maximum atomic E-state index is 13.1. The van der Waals surface area contributed by atoms with Gasteiger partial charge in [-0.2, -0.15) is 9.57 Å². The van der Waals surface area contributed by atoms with E-state index in [-0.39, 0.29) is 41.4 Å². The van der Waals surface area contributed by atoms with E-state index < -0.39 is 31.9 Å². The van der Waals surface area contributed by atoms with Gasteiger partial charge in [0, 0.05) is 19.0 Å². The lowest BCUT2D eigenvalue weighted by molar-refractivity contribution is -0.137. The highest BCUT2D eigenvalue weighted by atomic mass is 32.2. The van der Waals surface area contributed by atoms with Gasteiger partial charge in [0.2, 0.25) is 10.0 Å². The van der Waals surface area contributed by atoms with Crippen LogP contribution in [0.1, 0.15) is 37.7 Å². The summed E-state index contributed by atoms with van der Waals surface area (Å²) in [5.74, 6) is -1.19. The van der Waals surface area contributed by atoms with Crippen molar-refractivity contribution in [1.29, 1.82) is 5.26 Å². The highest BCUT2D eigenvalue weighted by Gasteiger charge is 2.38. The van der Waals surface area contributed by atoms with E-state index in [4.69, 9.17) is 10.4 Å². The second kappa shape index (κ2) is 8.82. The number of hydrogen-bond acceptors (Lipinski definition) is 6. The monoisotopic (exact) mass is 414 g/mol. The topological polar surface area (TPSA) is 133 Å². The van der Waals surface area contributed by atoms with Gasteiger partial charge in [-0.3, -0.25) is 4.79 Å². The third-order valence-corrected chi connectivity index (χ3v) is 8.15. The van der Waals surface area contributed by atoms with Crippen LogP contribution in [0.3, 0.4) is 0 Å². The molecule has 2 rings (SSSR count). The lowest BCUT2D eigenvalue weighted by Gasteiger charge is -2.27. The SMILES string of the molecule is N#Cc1cccc(S(=O)(=O)N(CCCCCC(=O)O)[C@@H]2CCS(=O)(=O)C2)c1. The van der Waals surface area contributed by atoms with Crippen LogP contribution in [0.15, 0.2) is 29.2 Å². The molecule has 0 saturated carbocycles. The van der Waals surface area contributed by atoms with Gasteiger partial charge < -0.3 is 5.11 Å². The van der Waals surface area contributed by atoms with E-state index in [1.165, 1.54) is 28.6 Å². The number of sulfone groups is 1. The molecule has 27 heavy (non-hydrogen) atoms. The van der Waals surface area contributed by atoms with E-state index in [0.29, 0.717) is 19.3 Å². The van der Waals surface area contributed by atoms with E-state index in [1.807, 2.05) is 6.07 Å². The molecule has 0 radical (unpaired) electrons. The molecule has 0 aliphatic carbocycles. The number of hydrogen-bond donors (Lipinski definition) is 1. The summed E-state index contributed by atoms with van der Waals surface area (Å²) in [5.41, 5.74) is 0.205. The predicted octanol–water partition coefficient (Wildman–Crippen LogP) is 1.38. The lowest BCUT2D eigenvalue weighted by Crippen LogP contribution is -2.41. The van der Waals surface area contributed by atoms with Crippen LogP contribution in [-0.4, -0.2) is 56.3 Å². The van der Waals surface area contributed by atoms with Gasteiger partial charge in [0.25, 0.3) is 0 Å². The Kier molecular flexibility index (Phi) is 6.97. The zero-order valence-corrected chi connectivity index (χ0v) is 16.4. The number of carboxylic acid groups (broad SMARTS) is 1. The zero-order valence-electron chi connectivity index (χ0n) is 14.7. The predicted molar refractivity (Wildman–Crippen MR) is 98.2 cm³/mol. The Labute approximate surface area is 159 Å². The molecule has 1 aliphatic heterocycles. The average Bonchev–Trinajstić information content (AvgIpc) is 2.97. The Hall–Kier alpha value is -1.96. The summed E-state index contributed by atoms with van der Waals surface area (Å²) < 4.78 is 51.1. The number of carbonyl (C=O) groups is 1. The number of carboxylic acids is 1. The van der Waals surface area contributed by atoms with Gasteiger partial charge in [-0.25, -0.2) is 16.8 Å². The van der Waals surface area contributed by atoms with Crippen molar-refractivity contribution in [1.82, 2.24) is 4.31 Å². The first-order valence-electron chi connectivity index (χ1n) is 8.60. The summed E-state index contributed by atoms with van der Waals surface area (Å²) in [6.07, 6.45) is 1.62. The highest BCUT2D eigenvalue weighted by Crippen LogP contribution is 2.26. The standard InChI is InChI=1S/C17H22N2O6S2/c18-12-14-5-4-6-16(11-14)27(24,25)19(9-3-1-2-7-17(20)21)15-8-10-26(22,23)13-15/h4-6,11,15H,1-3,7-10,13H2,(H,20,21)/t15-/m1/s1. The summed E-state index contributed by atoms with van der Waals surface area (Å²) >= 11 is 0. The van der Waals surface area contributed by atoms with Crippen LogP contribution >= 0.6 is 0 Å². The second-order valence-electron chi connectivity index (χ2n) is 6.52. The largest absolute Gasteiger partial charge is 0.481 e. The number of unbranched alkanes of at least 4 members (excludes halogenated alkanes) is 2. The molecule has 0 aromatic heterocycles. The Morgan fingerprint density at radius 3 is 2.63 bits per heavy atom. The summed E-state index contributed by atoms with van der Waals surface area (Å²) in [6.45, 7) is 0.110. The molecule has 1 aliphatic rings. The van der Waals surface area contributed by atoms with Crippen LogP contribution in [0.2, 0.25) is 0 Å². The number of sulfonamides is 1. The summed E-state index contributed by atoms with van der Waals surface area (Å²) in [7, 11) is -7.25. The van der Waals surface area contributed by atoms with Crippen molar-refractivity contribution < 1.29 is 26.7 Å². The van der Waals surface area contributed by atoms with Gasteiger partial charge in [0.05, 0.1) is 28.0 Å². The Balaban J connectivity index is 2.22. The minimum atomic E-state index is -3.97. The molecule has 148 valence electrons. The summed E-state index contributed by atoms with van der Waals surface area (Å²) in [4.78, 5) is 10.5. The van der Waals surface area contributed by atoms with Gasteiger partial charge in [-0.05, 0) is 37.5 Å². The van der Waals surface area contributed by atoms with Gasteiger partial charge in [0.1, 0.15) is 0 Å². The van der Waals surface area contributed by atoms with Crippen molar-refractivity contribution in [2.45, 2.75) is 43.0 Å². The maximum absolute atomic E-state index is 13.1. The number of aliphatic carboxylic acids is 1. The second-order valence-corrected chi connectivity index (χ2v) is 10.6. The molecule has 1 N–H and O–H groups in total. The smallest absolute Gasteiger partial charge is 0.303 e. The minimum absolute atomic E-state index is 0.00870. The third-order valence-electron chi connectivity index (χ3n) is 4.45. The molecule has 0 spiro atoms. The van der Waals surface area contributed by atoms with Gasteiger partial charge >= 0.3 is 5.97 Å². The molecule has 1 aromatic carbocycles. The fraction of sp³-hybridized carbons (Fsp3) is 0.529. The molecular weight excluding hydrogens is 392 g/mol. The van der Waals surface area contributed by atoms with E-state index >= 15 is 0 Å². The van der Waals surface area contributed by atoms with Gasteiger partial charge in [-0.1, -0.05) is 12.5 Å². The van der Waals surface area contributed by atoms with Crippen molar-refractivity contribution in [3.05, 3.63) is 29.8 Å². The van der Waals surface area contributed by atoms with Crippen molar-refractivity contribution in [2.24, 2.45) is 0 Å². The van der Waals surface area contributed by atoms with E-state index in [9.17, 15) is 21.6 Å². The van der Waals surface area contributed by atoms with Crippen molar-refractivity contribution in [3.63, 3.8) is 0 Å². The normalized spacial score (nSPS) is 19.0. The van der Waals surface area contributed by atoms with Crippen molar-refractivity contribution in [3.8, 4) is 6.07 Å². The van der Waals surface area contributed by atoms with Crippen LogP contribution in [0.25, 0.3) is 0 Å². The molecule has 1 heterocycles. The van der Waals surface area contributed by atoms with Gasteiger partial charge in [-0.15, -0.1) is 0 Å². The average molecular weight is 415 g/mol. The van der Waals surface area contributed by atoms with Crippen LogP contribution in [0.5, 0.6) is 0 Å². The molecule has 1 aromatic rings. The van der Waals surface area contributed by atoms with Crippen LogP contribution in [0, 0.1) is 11.3 Å². The quantitative estimate of drug-likeness (QED) is 0.604. The van der Waals surface area contributed by atoms with Gasteiger partial charge in [0.15, 0.2) is 9.84 Å². The van der Waals surface area contributed by atoms with E-state index in [1.54, 1.807) is 0 Å². The van der Waals surface area contributed by atoms with E-state index in [0.717, 1.165) is 0 Å². The van der Waals surface area contributed by atoms with E-state index in [2.05, 4.69) is 0 Å². The summed E-state index contributed by atoms with van der Waals surface area (Å²) in [5, 5.41) is 17.7. The molecular formula is C17H22N2O6S2. The molecule has 0 bridgehead atoms. The van der Waals surface area contributed by atoms with Crippen LogP contribution in [0.4, 0.5) is 0 Å². The fourth-order valence-corrected chi connectivity index (χ4v) is 6.65. The van der Waals surface area contributed by atoms with Crippen LogP contribution < -0.4 is 0 Å². The Morgan fingerprint density at radius 2 is 2.04 bits per heavy atom. The zero-order chi connectivity index (χ0) is 20.1. The number of nitrogens with zero attached hydrogens (tertiary/aromatic N) is 2.